The van der Waals surface area contributed by atoms with Crippen LogP contribution < -0.4 is 10.2 Å². The van der Waals surface area contributed by atoms with E-state index in [1.54, 1.807) is 0 Å². The normalized spacial score (nSPS) is 13.8. The summed E-state index contributed by atoms with van der Waals surface area (Å²) >= 11 is 0. The van der Waals surface area contributed by atoms with Crippen molar-refractivity contribution in [3.05, 3.63) is 100 Å². The molecular weight excluding hydrogens is 448 g/mol. The molecule has 9 nitrogen and oxygen atoms in total. The minimum absolute atomic E-state index is 0.128. The number of benzene rings is 3. The lowest BCUT2D eigenvalue weighted by Gasteiger charge is -2.36. The molecule has 0 atom stereocenters. The van der Waals surface area contributed by atoms with E-state index in [1.807, 2.05) is 30.3 Å². The Morgan fingerprint density at radius 2 is 1.54 bits per heavy atom. The molecule has 9 heteroatoms. The van der Waals surface area contributed by atoms with Crippen molar-refractivity contribution >= 4 is 28.9 Å². The Morgan fingerprint density at radius 1 is 0.886 bits per heavy atom. The molecule has 3 aromatic carbocycles. The van der Waals surface area contributed by atoms with E-state index < -0.39 is 23.4 Å². The molecule has 0 bridgehead atoms. The number of nitro benzene ring substituents is 1. The van der Waals surface area contributed by atoms with Crippen LogP contribution in [-0.4, -0.2) is 54.5 Å². The Morgan fingerprint density at radius 3 is 2.17 bits per heavy atom. The molecule has 1 N–H and O–H groups in total. The molecule has 1 heterocycles. The van der Waals surface area contributed by atoms with Crippen LogP contribution in [0.3, 0.4) is 0 Å². The van der Waals surface area contributed by atoms with Gasteiger partial charge in [0.15, 0.2) is 6.61 Å². The number of piperazine rings is 1. The molecular formula is C26H26N4O5. The molecule has 0 saturated carbocycles. The van der Waals surface area contributed by atoms with Crippen LogP contribution in [0, 0.1) is 10.1 Å². The highest BCUT2D eigenvalue weighted by molar-refractivity contribution is 5.95. The molecule has 0 radical (unpaired) electrons. The average Bonchev–Trinajstić information content (AvgIpc) is 2.89. The summed E-state index contributed by atoms with van der Waals surface area (Å²) in [6.07, 6.45) is 0. The summed E-state index contributed by atoms with van der Waals surface area (Å²) in [6.45, 7) is 4.31. The fourth-order valence-corrected chi connectivity index (χ4v) is 3.89. The highest BCUT2D eigenvalue weighted by atomic mass is 16.6. The molecule has 0 spiro atoms. The first-order valence-corrected chi connectivity index (χ1v) is 11.3. The van der Waals surface area contributed by atoms with Crippen LogP contribution in [-0.2, 0) is 16.1 Å². The van der Waals surface area contributed by atoms with E-state index in [1.165, 1.54) is 29.8 Å². The number of hydrogen-bond acceptors (Lipinski definition) is 7. The maximum Gasteiger partial charge on any atom is 0.338 e. The Bertz CT molecular complexity index is 1160. The average molecular weight is 475 g/mol. The van der Waals surface area contributed by atoms with Gasteiger partial charge >= 0.3 is 5.97 Å². The largest absolute Gasteiger partial charge is 0.452 e. The molecule has 4 rings (SSSR count). The number of non-ortho nitro benzene ring substituents is 1. The molecule has 1 amide bonds. The number of carbonyl (C=O) groups is 2. The number of amides is 1. The maximum absolute atomic E-state index is 12.2. The van der Waals surface area contributed by atoms with Crippen molar-refractivity contribution in [3.63, 3.8) is 0 Å². The van der Waals surface area contributed by atoms with Crippen LogP contribution in [0.2, 0.25) is 0 Å². The Hall–Kier alpha value is -4.24. The summed E-state index contributed by atoms with van der Waals surface area (Å²) in [5.74, 6) is -1.20. The lowest BCUT2D eigenvalue weighted by Crippen LogP contribution is -2.45. The molecule has 1 aliphatic heterocycles. The first kappa shape index (κ1) is 23.9. The van der Waals surface area contributed by atoms with E-state index >= 15 is 0 Å². The van der Waals surface area contributed by atoms with Gasteiger partial charge in [0, 0.05) is 56.2 Å². The van der Waals surface area contributed by atoms with Gasteiger partial charge in [-0.15, -0.1) is 0 Å². The number of hydrogen-bond donors (Lipinski definition) is 1. The minimum Gasteiger partial charge on any atom is -0.452 e. The van der Waals surface area contributed by atoms with Crippen molar-refractivity contribution in [1.82, 2.24) is 4.90 Å². The molecule has 1 saturated heterocycles. The predicted molar refractivity (Wildman–Crippen MR) is 132 cm³/mol. The lowest BCUT2D eigenvalue weighted by molar-refractivity contribution is -0.384. The SMILES string of the molecule is O=C(COC(=O)c1ccc([N+](=O)[O-])cc1)Nc1ccc(N2CCN(Cc3ccccc3)CC2)cc1. The Balaban J connectivity index is 1.21. The number of nitrogens with one attached hydrogen (secondary N) is 1. The first-order valence-electron chi connectivity index (χ1n) is 11.3. The van der Waals surface area contributed by atoms with Gasteiger partial charge in [0.25, 0.3) is 11.6 Å². The number of carbonyl (C=O) groups excluding carboxylic acids is 2. The number of ether oxygens (including phenoxy) is 1. The summed E-state index contributed by atoms with van der Waals surface area (Å²) in [6, 6.07) is 23.0. The van der Waals surface area contributed by atoms with E-state index in [4.69, 9.17) is 4.74 Å². The number of nitro groups is 1. The summed E-state index contributed by atoms with van der Waals surface area (Å²) in [4.78, 5) is 39.1. The van der Waals surface area contributed by atoms with Gasteiger partial charge in [-0.3, -0.25) is 19.8 Å². The number of rotatable bonds is 8. The maximum atomic E-state index is 12.2. The third-order valence-corrected chi connectivity index (χ3v) is 5.79. The van der Waals surface area contributed by atoms with Crippen LogP contribution >= 0.6 is 0 Å². The van der Waals surface area contributed by atoms with Crippen molar-refractivity contribution < 1.29 is 19.2 Å². The molecule has 1 fully saturated rings. The zero-order valence-corrected chi connectivity index (χ0v) is 19.1. The monoisotopic (exact) mass is 474 g/mol. The van der Waals surface area contributed by atoms with Gasteiger partial charge in [-0.2, -0.15) is 0 Å². The number of esters is 1. The van der Waals surface area contributed by atoms with Crippen molar-refractivity contribution in [2.45, 2.75) is 6.54 Å². The molecule has 35 heavy (non-hydrogen) atoms. The standard InChI is InChI=1S/C26H26N4O5/c31-25(19-35-26(32)21-6-10-24(11-7-21)30(33)34)27-22-8-12-23(13-9-22)29-16-14-28(15-17-29)18-20-4-2-1-3-5-20/h1-13H,14-19H2,(H,27,31). The summed E-state index contributed by atoms with van der Waals surface area (Å²) in [5.41, 5.74) is 3.02. The predicted octanol–water partition coefficient (Wildman–Crippen LogP) is 3.71. The molecule has 0 unspecified atom stereocenters. The quantitative estimate of drug-likeness (QED) is 0.301. The number of anilines is 2. The topological polar surface area (TPSA) is 105 Å². The van der Waals surface area contributed by atoms with Crippen LogP contribution in [0.25, 0.3) is 0 Å². The van der Waals surface area contributed by atoms with Crippen LogP contribution in [0.1, 0.15) is 15.9 Å². The van der Waals surface area contributed by atoms with Crippen LogP contribution in [0.4, 0.5) is 17.1 Å². The van der Waals surface area contributed by atoms with Crippen LogP contribution in [0.5, 0.6) is 0 Å². The third kappa shape index (κ3) is 6.64. The van der Waals surface area contributed by atoms with E-state index in [9.17, 15) is 19.7 Å². The highest BCUT2D eigenvalue weighted by Gasteiger charge is 2.18. The van der Waals surface area contributed by atoms with Gasteiger partial charge < -0.3 is 15.0 Å². The van der Waals surface area contributed by atoms with E-state index in [-0.39, 0.29) is 11.3 Å². The summed E-state index contributed by atoms with van der Waals surface area (Å²) in [7, 11) is 0. The smallest absolute Gasteiger partial charge is 0.338 e. The third-order valence-electron chi connectivity index (χ3n) is 5.79. The molecule has 0 aromatic heterocycles. The van der Waals surface area contributed by atoms with E-state index in [0.717, 1.165) is 38.4 Å². The molecule has 1 aliphatic rings. The number of nitrogens with zero attached hydrogens (tertiary/aromatic N) is 3. The second kappa shape index (κ2) is 11.3. The second-order valence-electron chi connectivity index (χ2n) is 8.22. The zero-order chi connectivity index (χ0) is 24.6. The highest BCUT2D eigenvalue weighted by Crippen LogP contribution is 2.20. The van der Waals surface area contributed by atoms with Crippen molar-refractivity contribution in [1.29, 1.82) is 0 Å². The van der Waals surface area contributed by atoms with E-state index in [2.05, 4.69) is 39.4 Å². The first-order chi connectivity index (χ1) is 17.0. The van der Waals surface area contributed by atoms with Gasteiger partial charge in [0.05, 0.1) is 10.5 Å². The van der Waals surface area contributed by atoms with Crippen LogP contribution in [0.15, 0.2) is 78.9 Å². The Kier molecular flexibility index (Phi) is 7.69. The van der Waals surface area contributed by atoms with Gasteiger partial charge in [0.2, 0.25) is 0 Å². The fourth-order valence-electron chi connectivity index (χ4n) is 3.89. The minimum atomic E-state index is -0.725. The molecule has 3 aromatic rings. The molecule has 180 valence electrons. The van der Waals surface area contributed by atoms with Gasteiger partial charge in [-0.1, -0.05) is 30.3 Å². The Labute approximate surface area is 203 Å². The van der Waals surface area contributed by atoms with Gasteiger partial charge in [0.1, 0.15) is 0 Å². The lowest BCUT2D eigenvalue weighted by atomic mass is 10.2. The second-order valence-corrected chi connectivity index (χ2v) is 8.22. The van der Waals surface area contributed by atoms with Crippen molar-refractivity contribution in [2.24, 2.45) is 0 Å². The summed E-state index contributed by atoms with van der Waals surface area (Å²) in [5, 5.41) is 13.4. The summed E-state index contributed by atoms with van der Waals surface area (Å²) < 4.78 is 5.00. The fraction of sp³-hybridized carbons (Fsp3) is 0.231. The van der Waals surface area contributed by atoms with Gasteiger partial charge in [-0.25, -0.2) is 4.79 Å². The molecule has 0 aliphatic carbocycles. The zero-order valence-electron chi connectivity index (χ0n) is 19.1. The van der Waals surface area contributed by atoms with E-state index in [0.29, 0.717) is 5.69 Å². The van der Waals surface area contributed by atoms with Gasteiger partial charge in [-0.05, 0) is 42.0 Å². The van der Waals surface area contributed by atoms with Crippen molar-refractivity contribution in [2.75, 3.05) is 43.0 Å². The van der Waals surface area contributed by atoms with Crippen molar-refractivity contribution in [3.8, 4) is 0 Å².